The Hall–Kier alpha value is -2.17. The molecule has 0 atom stereocenters. The van der Waals surface area contributed by atoms with Crippen molar-refractivity contribution in [3.63, 3.8) is 0 Å². The van der Waals surface area contributed by atoms with E-state index in [1.54, 1.807) is 0 Å². The van der Waals surface area contributed by atoms with E-state index in [0.29, 0.717) is 23.8 Å². The van der Waals surface area contributed by atoms with E-state index >= 15 is 0 Å². The fourth-order valence-corrected chi connectivity index (χ4v) is 2.45. The van der Waals surface area contributed by atoms with E-state index in [-0.39, 0.29) is 0 Å². The van der Waals surface area contributed by atoms with Gasteiger partial charge in [-0.15, -0.1) is 0 Å². The lowest BCUT2D eigenvalue weighted by molar-refractivity contribution is 0.289. The van der Waals surface area contributed by atoms with E-state index in [1.165, 1.54) is 6.20 Å². The van der Waals surface area contributed by atoms with Gasteiger partial charge in [0.25, 0.3) is 0 Å². The molecule has 0 aliphatic carbocycles. The second-order valence-electron chi connectivity index (χ2n) is 5.06. The highest BCUT2D eigenvalue weighted by atomic mass is 19.1. The van der Waals surface area contributed by atoms with Gasteiger partial charge in [0, 0.05) is 12.1 Å². The van der Waals surface area contributed by atoms with Crippen LogP contribution in [0.3, 0.4) is 0 Å². The van der Waals surface area contributed by atoms with Crippen LogP contribution in [0.1, 0.15) is 25.3 Å². The van der Waals surface area contributed by atoms with Crippen molar-refractivity contribution in [1.29, 1.82) is 0 Å². The maximum absolute atomic E-state index is 14.1. The summed E-state index contributed by atoms with van der Waals surface area (Å²) >= 11 is 0. The minimum atomic E-state index is -0.431. The maximum Gasteiger partial charge on any atom is 0.223 e. The molecule has 0 unspecified atom stereocenters. The third kappa shape index (κ3) is 2.82. The summed E-state index contributed by atoms with van der Waals surface area (Å²) in [6, 6.07) is 5.79. The monoisotopic (exact) mass is 287 g/mol. The average molecular weight is 287 g/mol. The van der Waals surface area contributed by atoms with Gasteiger partial charge in [0.2, 0.25) is 5.95 Å². The molecule has 0 radical (unpaired) electrons. The first-order valence-corrected chi connectivity index (χ1v) is 7.31. The van der Waals surface area contributed by atoms with Crippen LogP contribution in [0.15, 0.2) is 24.4 Å². The molecule has 1 aliphatic heterocycles. The molecule has 0 saturated carbocycles. The standard InChI is InChI=1S/C16H18FN3O/c1-2-8-18-16-19-10-13(17)14(20-16)12-7-3-5-11-6-4-9-21-15(11)12/h3,5,7,10H,2,4,6,8-9H2,1H3,(H,18,19,20). The largest absolute Gasteiger partial charge is 0.493 e. The first kappa shape index (κ1) is 13.8. The number of para-hydroxylation sites is 1. The van der Waals surface area contributed by atoms with Crippen molar-refractivity contribution in [3.05, 3.63) is 35.8 Å². The zero-order valence-corrected chi connectivity index (χ0v) is 12.0. The van der Waals surface area contributed by atoms with Crippen molar-refractivity contribution in [2.45, 2.75) is 26.2 Å². The molecule has 1 aromatic carbocycles. The number of fused-ring (bicyclic) bond motifs is 1. The van der Waals surface area contributed by atoms with Gasteiger partial charge in [0.15, 0.2) is 5.82 Å². The summed E-state index contributed by atoms with van der Waals surface area (Å²) in [5.41, 5.74) is 2.11. The number of anilines is 1. The van der Waals surface area contributed by atoms with Gasteiger partial charge in [-0.3, -0.25) is 0 Å². The van der Waals surface area contributed by atoms with Crippen LogP contribution in [0.5, 0.6) is 5.75 Å². The smallest absolute Gasteiger partial charge is 0.223 e. The van der Waals surface area contributed by atoms with Crippen LogP contribution in [0.2, 0.25) is 0 Å². The van der Waals surface area contributed by atoms with E-state index in [9.17, 15) is 4.39 Å². The zero-order chi connectivity index (χ0) is 14.7. The number of benzene rings is 1. The second-order valence-corrected chi connectivity index (χ2v) is 5.06. The first-order chi connectivity index (χ1) is 10.3. The van der Waals surface area contributed by atoms with E-state index in [1.807, 2.05) is 18.2 Å². The normalized spacial score (nSPS) is 13.4. The number of hydrogen-bond acceptors (Lipinski definition) is 4. The minimum absolute atomic E-state index is 0.294. The third-order valence-electron chi connectivity index (χ3n) is 3.47. The Morgan fingerprint density at radius 3 is 3.14 bits per heavy atom. The van der Waals surface area contributed by atoms with Gasteiger partial charge in [-0.25, -0.2) is 14.4 Å². The van der Waals surface area contributed by atoms with Crippen molar-refractivity contribution in [3.8, 4) is 17.0 Å². The Bertz CT molecular complexity index is 645. The van der Waals surface area contributed by atoms with Gasteiger partial charge in [-0.1, -0.05) is 19.1 Å². The third-order valence-corrected chi connectivity index (χ3v) is 3.47. The van der Waals surface area contributed by atoms with Gasteiger partial charge in [0.1, 0.15) is 11.4 Å². The number of nitrogens with zero attached hydrogens (tertiary/aromatic N) is 2. The molecule has 2 heterocycles. The molecule has 2 aromatic rings. The van der Waals surface area contributed by atoms with Crippen molar-refractivity contribution < 1.29 is 9.13 Å². The molecule has 1 aliphatic rings. The van der Waals surface area contributed by atoms with E-state index in [2.05, 4.69) is 22.2 Å². The van der Waals surface area contributed by atoms with Gasteiger partial charge < -0.3 is 10.1 Å². The number of halogens is 1. The Labute approximate surface area is 123 Å². The Kier molecular flexibility index (Phi) is 3.99. The van der Waals surface area contributed by atoms with Crippen molar-refractivity contribution in [2.75, 3.05) is 18.5 Å². The van der Waals surface area contributed by atoms with Crippen LogP contribution < -0.4 is 10.1 Å². The zero-order valence-electron chi connectivity index (χ0n) is 12.0. The number of aryl methyl sites for hydroxylation is 1. The molecule has 21 heavy (non-hydrogen) atoms. The van der Waals surface area contributed by atoms with E-state index < -0.39 is 5.82 Å². The highest BCUT2D eigenvalue weighted by Gasteiger charge is 2.19. The Balaban J connectivity index is 2.03. The second kappa shape index (κ2) is 6.08. The lowest BCUT2D eigenvalue weighted by Gasteiger charge is -2.20. The predicted molar refractivity (Wildman–Crippen MR) is 80.0 cm³/mol. The highest BCUT2D eigenvalue weighted by Crippen LogP contribution is 2.36. The molecule has 3 rings (SSSR count). The lowest BCUT2D eigenvalue weighted by Crippen LogP contribution is -2.10. The summed E-state index contributed by atoms with van der Waals surface area (Å²) in [6.07, 6.45) is 4.12. The van der Waals surface area contributed by atoms with E-state index in [0.717, 1.165) is 37.1 Å². The Morgan fingerprint density at radius 2 is 2.29 bits per heavy atom. The summed E-state index contributed by atoms with van der Waals surface area (Å²) in [7, 11) is 0. The first-order valence-electron chi connectivity index (χ1n) is 7.31. The van der Waals surface area contributed by atoms with Crippen LogP contribution in [0, 0.1) is 5.82 Å². The maximum atomic E-state index is 14.1. The van der Waals surface area contributed by atoms with Gasteiger partial charge in [-0.05, 0) is 30.9 Å². The Morgan fingerprint density at radius 1 is 1.38 bits per heavy atom. The fraction of sp³-hybridized carbons (Fsp3) is 0.375. The minimum Gasteiger partial charge on any atom is -0.493 e. The number of aromatic nitrogens is 2. The summed E-state index contributed by atoms with van der Waals surface area (Å²) in [5.74, 6) is 0.768. The van der Waals surface area contributed by atoms with E-state index in [4.69, 9.17) is 4.74 Å². The molecule has 1 aromatic heterocycles. The van der Waals surface area contributed by atoms with Crippen LogP contribution in [0.25, 0.3) is 11.3 Å². The highest BCUT2D eigenvalue weighted by molar-refractivity contribution is 5.70. The SMILES string of the molecule is CCCNc1ncc(F)c(-c2cccc3c2OCCC3)n1. The molecule has 1 N–H and O–H groups in total. The summed E-state index contributed by atoms with van der Waals surface area (Å²) < 4.78 is 19.9. The van der Waals surface area contributed by atoms with Crippen molar-refractivity contribution in [1.82, 2.24) is 9.97 Å². The molecular weight excluding hydrogens is 269 g/mol. The lowest BCUT2D eigenvalue weighted by atomic mass is 10.0. The topological polar surface area (TPSA) is 47.0 Å². The number of hydrogen-bond donors (Lipinski definition) is 1. The molecule has 0 spiro atoms. The van der Waals surface area contributed by atoms with Crippen molar-refractivity contribution >= 4 is 5.95 Å². The number of rotatable bonds is 4. The predicted octanol–water partition coefficient (Wildman–Crippen LogP) is 3.43. The molecule has 0 bridgehead atoms. The number of ether oxygens (including phenoxy) is 1. The molecule has 5 heteroatoms. The fourth-order valence-electron chi connectivity index (χ4n) is 2.45. The quantitative estimate of drug-likeness (QED) is 0.936. The molecule has 4 nitrogen and oxygen atoms in total. The molecule has 0 fully saturated rings. The van der Waals surface area contributed by atoms with Crippen LogP contribution in [-0.4, -0.2) is 23.1 Å². The summed E-state index contributed by atoms with van der Waals surface area (Å²) in [4.78, 5) is 8.29. The summed E-state index contributed by atoms with van der Waals surface area (Å²) in [6.45, 7) is 3.48. The van der Waals surface area contributed by atoms with Gasteiger partial charge in [-0.2, -0.15) is 0 Å². The van der Waals surface area contributed by atoms with Crippen molar-refractivity contribution in [2.24, 2.45) is 0 Å². The molecular formula is C16H18FN3O. The van der Waals surface area contributed by atoms with Crippen LogP contribution in [0.4, 0.5) is 10.3 Å². The average Bonchev–Trinajstić information content (AvgIpc) is 2.54. The molecule has 0 saturated heterocycles. The summed E-state index contributed by atoms with van der Waals surface area (Å²) in [5, 5.41) is 3.08. The van der Waals surface area contributed by atoms with Crippen LogP contribution >= 0.6 is 0 Å². The van der Waals surface area contributed by atoms with Gasteiger partial charge in [0.05, 0.1) is 12.8 Å². The van der Waals surface area contributed by atoms with Gasteiger partial charge >= 0.3 is 0 Å². The number of nitrogens with one attached hydrogen (secondary N) is 1. The molecule has 110 valence electrons. The molecule has 0 amide bonds. The van der Waals surface area contributed by atoms with Crippen LogP contribution in [-0.2, 0) is 6.42 Å².